The summed E-state index contributed by atoms with van der Waals surface area (Å²) >= 11 is 0. The monoisotopic (exact) mass is 405 g/mol. The third-order valence-electron chi connectivity index (χ3n) is 5.30. The summed E-state index contributed by atoms with van der Waals surface area (Å²) in [6.45, 7) is 1.92. The number of nitrogens with one attached hydrogen (secondary N) is 1. The SMILES string of the molecule is CC1(c2cc(NC(=O)n3ccc4cc(Oc5cc(CO)ncn5)ccc43)no2)CC1. The molecule has 0 radical (unpaired) electrons. The topological polar surface area (TPSA) is 115 Å². The molecule has 1 fully saturated rings. The Morgan fingerprint density at radius 3 is 2.93 bits per heavy atom. The first-order chi connectivity index (χ1) is 14.5. The largest absolute Gasteiger partial charge is 0.439 e. The lowest BCUT2D eigenvalue weighted by Gasteiger charge is -2.07. The zero-order valence-corrected chi connectivity index (χ0v) is 16.2. The maximum Gasteiger partial charge on any atom is 0.331 e. The highest BCUT2D eigenvalue weighted by atomic mass is 16.5. The van der Waals surface area contributed by atoms with Gasteiger partial charge in [0.2, 0.25) is 5.88 Å². The minimum atomic E-state index is -0.331. The van der Waals surface area contributed by atoms with Crippen molar-refractivity contribution in [2.45, 2.75) is 31.8 Å². The van der Waals surface area contributed by atoms with Gasteiger partial charge in [0.1, 0.15) is 17.8 Å². The van der Waals surface area contributed by atoms with E-state index in [4.69, 9.17) is 9.26 Å². The van der Waals surface area contributed by atoms with Gasteiger partial charge in [-0.2, -0.15) is 0 Å². The number of fused-ring (bicyclic) bond motifs is 1. The van der Waals surface area contributed by atoms with Crippen LogP contribution in [0.3, 0.4) is 0 Å². The van der Waals surface area contributed by atoms with Gasteiger partial charge >= 0.3 is 6.03 Å². The van der Waals surface area contributed by atoms with E-state index in [1.165, 1.54) is 10.9 Å². The Morgan fingerprint density at radius 1 is 1.27 bits per heavy atom. The van der Waals surface area contributed by atoms with E-state index in [0.717, 1.165) is 29.5 Å². The highest BCUT2D eigenvalue weighted by Gasteiger charge is 2.43. The van der Waals surface area contributed by atoms with Crippen LogP contribution in [0.15, 0.2) is 53.4 Å². The molecule has 1 aliphatic carbocycles. The van der Waals surface area contributed by atoms with E-state index < -0.39 is 0 Å². The van der Waals surface area contributed by atoms with Crippen LogP contribution in [0.25, 0.3) is 10.9 Å². The number of rotatable bonds is 5. The molecule has 0 saturated heterocycles. The smallest absolute Gasteiger partial charge is 0.331 e. The average Bonchev–Trinajstić information content (AvgIpc) is 3.15. The number of carbonyl (C=O) groups excluding carboxylic acids is 1. The highest BCUT2D eigenvalue weighted by molar-refractivity contribution is 5.98. The van der Waals surface area contributed by atoms with E-state index in [1.807, 2.05) is 12.1 Å². The maximum absolute atomic E-state index is 12.7. The lowest BCUT2D eigenvalue weighted by atomic mass is 10.1. The molecule has 152 valence electrons. The van der Waals surface area contributed by atoms with Gasteiger partial charge < -0.3 is 14.4 Å². The molecule has 0 bridgehead atoms. The summed E-state index contributed by atoms with van der Waals surface area (Å²) in [4.78, 5) is 20.7. The Hall–Kier alpha value is -3.72. The van der Waals surface area contributed by atoms with Gasteiger partial charge in [-0.1, -0.05) is 12.1 Å². The van der Waals surface area contributed by atoms with Crippen LogP contribution in [0.5, 0.6) is 11.6 Å². The normalized spacial score (nSPS) is 14.6. The number of benzene rings is 1. The van der Waals surface area contributed by atoms with Crippen LogP contribution in [0.4, 0.5) is 10.6 Å². The molecular weight excluding hydrogens is 386 g/mol. The van der Waals surface area contributed by atoms with Gasteiger partial charge in [0.05, 0.1) is 17.8 Å². The minimum absolute atomic E-state index is 0.0497. The van der Waals surface area contributed by atoms with Crippen molar-refractivity contribution in [2.75, 3.05) is 5.32 Å². The third kappa shape index (κ3) is 3.39. The summed E-state index contributed by atoms with van der Waals surface area (Å²) in [6.07, 6.45) is 5.15. The third-order valence-corrected chi connectivity index (χ3v) is 5.30. The molecule has 0 aliphatic heterocycles. The number of aromatic nitrogens is 4. The van der Waals surface area contributed by atoms with Crippen LogP contribution in [-0.4, -0.2) is 30.8 Å². The summed E-state index contributed by atoms with van der Waals surface area (Å²) in [7, 11) is 0. The molecule has 0 atom stereocenters. The van der Waals surface area contributed by atoms with E-state index >= 15 is 0 Å². The van der Waals surface area contributed by atoms with Crippen molar-refractivity contribution >= 4 is 22.8 Å². The van der Waals surface area contributed by atoms with Crippen LogP contribution in [0, 0.1) is 0 Å². The molecule has 0 unspecified atom stereocenters. The van der Waals surface area contributed by atoms with Gasteiger partial charge in [-0.3, -0.25) is 9.88 Å². The lowest BCUT2D eigenvalue weighted by molar-refractivity contribution is 0.254. The Bertz CT molecular complexity index is 1240. The fraction of sp³-hybridized carbons (Fsp3) is 0.238. The van der Waals surface area contributed by atoms with Gasteiger partial charge in [-0.25, -0.2) is 14.8 Å². The number of anilines is 1. The van der Waals surface area contributed by atoms with Gasteiger partial charge in [0.25, 0.3) is 0 Å². The second-order valence-electron chi connectivity index (χ2n) is 7.58. The molecule has 5 rings (SSSR count). The molecule has 30 heavy (non-hydrogen) atoms. The van der Waals surface area contributed by atoms with E-state index in [-0.39, 0.29) is 18.1 Å². The molecular formula is C21H19N5O4. The molecule has 9 nitrogen and oxygen atoms in total. The van der Waals surface area contributed by atoms with Crippen molar-refractivity contribution in [1.29, 1.82) is 0 Å². The first kappa shape index (κ1) is 18.3. The summed E-state index contributed by atoms with van der Waals surface area (Å²) in [5.74, 6) is 2.08. The maximum atomic E-state index is 12.7. The number of nitrogens with zero attached hydrogens (tertiary/aromatic N) is 4. The Morgan fingerprint density at radius 2 is 2.13 bits per heavy atom. The standard InChI is InChI=1S/C21H19N5O4/c1-21(5-6-21)17-10-18(25-30-17)24-20(28)26-7-4-13-8-15(2-3-16(13)26)29-19-9-14(11-27)22-12-23-19/h2-4,7-10,12,27H,5-6,11H2,1H3,(H,24,25,28). The minimum Gasteiger partial charge on any atom is -0.439 e. The quantitative estimate of drug-likeness (QED) is 0.518. The van der Waals surface area contributed by atoms with Crippen LogP contribution >= 0.6 is 0 Å². The average molecular weight is 405 g/mol. The Labute approximate surface area is 171 Å². The molecule has 3 heterocycles. The molecule has 1 saturated carbocycles. The zero-order chi connectivity index (χ0) is 20.7. The van der Waals surface area contributed by atoms with Gasteiger partial charge in [0.15, 0.2) is 5.82 Å². The zero-order valence-electron chi connectivity index (χ0n) is 16.2. The number of aliphatic hydroxyl groups excluding tert-OH is 1. The first-order valence-electron chi connectivity index (χ1n) is 9.53. The molecule has 2 N–H and O–H groups in total. The molecule has 0 spiro atoms. The van der Waals surface area contributed by atoms with Crippen molar-refractivity contribution in [3.63, 3.8) is 0 Å². The number of hydrogen-bond donors (Lipinski definition) is 2. The second kappa shape index (κ2) is 6.96. The van der Waals surface area contributed by atoms with Crippen LogP contribution in [0.1, 0.15) is 31.2 Å². The second-order valence-corrected chi connectivity index (χ2v) is 7.58. The summed E-state index contributed by atoms with van der Waals surface area (Å²) in [6, 6.07) is 10.2. The van der Waals surface area contributed by atoms with Crippen molar-refractivity contribution in [3.8, 4) is 11.6 Å². The number of ether oxygens (including phenoxy) is 1. The number of aliphatic hydroxyl groups is 1. The fourth-order valence-corrected chi connectivity index (χ4v) is 3.22. The van der Waals surface area contributed by atoms with E-state index in [9.17, 15) is 9.90 Å². The molecule has 4 aromatic rings. The molecule has 9 heteroatoms. The summed E-state index contributed by atoms with van der Waals surface area (Å²) in [5, 5.41) is 16.7. The molecule has 1 aromatic carbocycles. The van der Waals surface area contributed by atoms with E-state index in [0.29, 0.717) is 23.1 Å². The van der Waals surface area contributed by atoms with E-state index in [1.54, 1.807) is 30.5 Å². The number of carbonyl (C=O) groups is 1. The fourth-order valence-electron chi connectivity index (χ4n) is 3.22. The van der Waals surface area contributed by atoms with Crippen LogP contribution in [0.2, 0.25) is 0 Å². The van der Waals surface area contributed by atoms with E-state index in [2.05, 4.69) is 27.4 Å². The van der Waals surface area contributed by atoms with Gasteiger partial charge in [-0.05, 0) is 37.1 Å². The van der Waals surface area contributed by atoms with Crippen molar-refractivity contribution in [2.24, 2.45) is 0 Å². The highest BCUT2D eigenvalue weighted by Crippen LogP contribution is 2.48. The Balaban J connectivity index is 1.34. The van der Waals surface area contributed by atoms with Crippen LogP contribution in [-0.2, 0) is 12.0 Å². The molecule has 1 amide bonds. The van der Waals surface area contributed by atoms with Crippen LogP contribution < -0.4 is 10.1 Å². The lowest BCUT2D eigenvalue weighted by Crippen LogP contribution is -2.18. The predicted octanol–water partition coefficient (Wildman–Crippen LogP) is 3.84. The molecule has 3 aromatic heterocycles. The number of hydrogen-bond acceptors (Lipinski definition) is 7. The number of amides is 1. The molecule has 1 aliphatic rings. The van der Waals surface area contributed by atoms with Gasteiger partial charge in [0, 0.05) is 29.1 Å². The summed E-state index contributed by atoms with van der Waals surface area (Å²) < 4.78 is 12.6. The van der Waals surface area contributed by atoms with Crippen molar-refractivity contribution in [1.82, 2.24) is 19.7 Å². The van der Waals surface area contributed by atoms with Crippen molar-refractivity contribution < 1.29 is 19.2 Å². The first-order valence-corrected chi connectivity index (χ1v) is 9.53. The Kier molecular flexibility index (Phi) is 4.25. The summed E-state index contributed by atoms with van der Waals surface area (Å²) in [5.41, 5.74) is 1.24. The van der Waals surface area contributed by atoms with Crippen molar-refractivity contribution in [3.05, 3.63) is 60.4 Å². The van der Waals surface area contributed by atoms with Gasteiger partial charge in [-0.15, -0.1) is 0 Å². The predicted molar refractivity (Wildman–Crippen MR) is 107 cm³/mol.